The molecule has 27 heavy (non-hydrogen) atoms. The van der Waals surface area contributed by atoms with E-state index in [1.807, 2.05) is 13.0 Å². The fourth-order valence-corrected chi connectivity index (χ4v) is 2.48. The van der Waals surface area contributed by atoms with E-state index in [9.17, 15) is 19.7 Å². The first kappa shape index (κ1) is 20.2. The fourth-order valence-electron chi connectivity index (χ4n) is 2.00. The van der Waals surface area contributed by atoms with E-state index >= 15 is 0 Å². The van der Waals surface area contributed by atoms with Crippen LogP contribution in [0.25, 0.3) is 0 Å². The summed E-state index contributed by atoms with van der Waals surface area (Å²) in [6.07, 6.45) is 0. The number of nitro groups is 1. The lowest BCUT2D eigenvalue weighted by atomic mass is 10.2. The van der Waals surface area contributed by atoms with Gasteiger partial charge in [-0.1, -0.05) is 28.1 Å². The van der Waals surface area contributed by atoms with E-state index in [0.717, 1.165) is 10.0 Å². The molecule has 0 atom stereocenters. The van der Waals surface area contributed by atoms with Crippen LogP contribution in [0.15, 0.2) is 46.9 Å². The lowest BCUT2D eigenvalue weighted by molar-refractivity contribution is -0.385. The van der Waals surface area contributed by atoms with Gasteiger partial charge in [-0.3, -0.25) is 30.6 Å². The Morgan fingerprint density at radius 2 is 1.63 bits per heavy atom. The molecule has 2 rings (SSSR count). The van der Waals surface area contributed by atoms with Gasteiger partial charge in [-0.05, 0) is 36.8 Å². The predicted molar refractivity (Wildman–Crippen MR) is 99.3 cm³/mol. The third kappa shape index (κ3) is 6.26. The van der Waals surface area contributed by atoms with Crippen LogP contribution < -0.4 is 20.3 Å². The van der Waals surface area contributed by atoms with Crippen molar-refractivity contribution < 1.29 is 24.0 Å². The molecule has 0 heterocycles. The number of carbonyl (C=O) groups is 2. The first-order valence-corrected chi connectivity index (χ1v) is 8.49. The minimum absolute atomic E-state index is 0.0435. The first-order chi connectivity index (χ1) is 12.9. The molecule has 0 bridgehead atoms. The maximum Gasteiger partial charge on any atom is 0.310 e. The molecule has 0 saturated carbocycles. The number of amides is 2. The van der Waals surface area contributed by atoms with E-state index in [-0.39, 0.29) is 18.0 Å². The Bertz CT molecular complexity index is 858. The molecule has 2 aromatic rings. The van der Waals surface area contributed by atoms with Crippen LogP contribution in [0.5, 0.6) is 11.5 Å². The third-order valence-electron chi connectivity index (χ3n) is 3.26. The van der Waals surface area contributed by atoms with Crippen molar-refractivity contribution in [3.05, 3.63) is 62.6 Å². The summed E-state index contributed by atoms with van der Waals surface area (Å²) >= 11 is 3.33. The predicted octanol–water partition coefficient (Wildman–Crippen LogP) is 2.27. The third-order valence-corrected chi connectivity index (χ3v) is 3.75. The molecule has 0 aliphatic carbocycles. The van der Waals surface area contributed by atoms with E-state index < -0.39 is 23.3 Å². The van der Waals surface area contributed by atoms with Gasteiger partial charge in [0.2, 0.25) is 0 Å². The van der Waals surface area contributed by atoms with E-state index in [1.165, 1.54) is 18.2 Å². The van der Waals surface area contributed by atoms with Crippen molar-refractivity contribution in [2.45, 2.75) is 6.92 Å². The number of hydrogen-bond donors (Lipinski definition) is 2. The summed E-state index contributed by atoms with van der Waals surface area (Å²) in [5, 5.41) is 10.9. The SMILES string of the molecule is Cc1cc(Br)ccc1OCC(=O)NNC(=O)COc1ccccc1[N+](=O)[O-]. The Balaban J connectivity index is 1.75. The largest absolute Gasteiger partial charge is 0.483 e. The van der Waals surface area contributed by atoms with E-state index in [1.54, 1.807) is 18.2 Å². The summed E-state index contributed by atoms with van der Waals surface area (Å²) in [6, 6.07) is 11.0. The van der Waals surface area contributed by atoms with Crippen LogP contribution in [0.2, 0.25) is 0 Å². The Morgan fingerprint density at radius 1 is 1.04 bits per heavy atom. The minimum atomic E-state index is -0.679. The van der Waals surface area contributed by atoms with Crippen LogP contribution in [-0.2, 0) is 9.59 Å². The second kappa shape index (κ2) is 9.53. The Kier molecular flexibility index (Phi) is 7.12. The molecule has 142 valence electrons. The lowest BCUT2D eigenvalue weighted by Crippen LogP contribution is -2.45. The molecule has 2 amide bonds. The van der Waals surface area contributed by atoms with Gasteiger partial charge < -0.3 is 9.47 Å². The molecule has 2 N–H and O–H groups in total. The first-order valence-electron chi connectivity index (χ1n) is 7.69. The van der Waals surface area contributed by atoms with Gasteiger partial charge in [-0.25, -0.2) is 0 Å². The smallest absolute Gasteiger partial charge is 0.310 e. The van der Waals surface area contributed by atoms with Gasteiger partial charge in [0, 0.05) is 10.5 Å². The minimum Gasteiger partial charge on any atom is -0.483 e. The van der Waals surface area contributed by atoms with E-state index in [4.69, 9.17) is 9.47 Å². The highest BCUT2D eigenvalue weighted by Crippen LogP contribution is 2.25. The second-order valence-electron chi connectivity index (χ2n) is 5.31. The molecule has 0 radical (unpaired) electrons. The zero-order valence-corrected chi connectivity index (χ0v) is 15.8. The molecular formula is C17H16BrN3O6. The van der Waals surface area contributed by atoms with Crippen molar-refractivity contribution in [3.63, 3.8) is 0 Å². The van der Waals surface area contributed by atoms with Gasteiger partial charge in [0.25, 0.3) is 11.8 Å². The van der Waals surface area contributed by atoms with Crippen molar-refractivity contribution >= 4 is 33.4 Å². The molecule has 0 unspecified atom stereocenters. The number of hydrogen-bond acceptors (Lipinski definition) is 6. The van der Waals surface area contributed by atoms with Gasteiger partial charge in [0.15, 0.2) is 19.0 Å². The summed E-state index contributed by atoms with van der Waals surface area (Å²) < 4.78 is 11.4. The number of nitro benzene ring substituents is 1. The van der Waals surface area contributed by atoms with Crippen LogP contribution >= 0.6 is 15.9 Å². The van der Waals surface area contributed by atoms with Crippen LogP contribution in [0.4, 0.5) is 5.69 Å². The van der Waals surface area contributed by atoms with Crippen molar-refractivity contribution in [2.24, 2.45) is 0 Å². The van der Waals surface area contributed by atoms with Gasteiger partial charge in [0.05, 0.1) is 4.92 Å². The topological polar surface area (TPSA) is 120 Å². The molecule has 0 saturated heterocycles. The number of halogens is 1. The molecule has 2 aromatic carbocycles. The lowest BCUT2D eigenvalue weighted by Gasteiger charge is -2.11. The second-order valence-corrected chi connectivity index (χ2v) is 6.22. The Labute approximate surface area is 162 Å². The maximum absolute atomic E-state index is 11.7. The molecular weight excluding hydrogens is 422 g/mol. The molecule has 0 aliphatic rings. The highest BCUT2D eigenvalue weighted by atomic mass is 79.9. The number of nitrogens with one attached hydrogen (secondary N) is 2. The quantitative estimate of drug-likeness (QED) is 0.506. The van der Waals surface area contributed by atoms with Crippen LogP contribution in [-0.4, -0.2) is 30.0 Å². The molecule has 9 nitrogen and oxygen atoms in total. The Hall–Kier alpha value is -3.14. The zero-order chi connectivity index (χ0) is 19.8. The monoisotopic (exact) mass is 437 g/mol. The number of para-hydroxylation sites is 2. The maximum atomic E-state index is 11.7. The number of ether oxygens (including phenoxy) is 2. The summed E-state index contributed by atoms with van der Waals surface area (Å²) in [7, 11) is 0. The highest BCUT2D eigenvalue weighted by Gasteiger charge is 2.15. The van der Waals surface area contributed by atoms with Crippen molar-refractivity contribution in [1.82, 2.24) is 10.9 Å². The number of aryl methyl sites for hydroxylation is 1. The highest BCUT2D eigenvalue weighted by molar-refractivity contribution is 9.10. The van der Waals surface area contributed by atoms with Crippen molar-refractivity contribution in [3.8, 4) is 11.5 Å². The molecule has 0 spiro atoms. The number of rotatable bonds is 7. The molecule has 10 heteroatoms. The van der Waals surface area contributed by atoms with E-state index in [0.29, 0.717) is 5.75 Å². The average molecular weight is 438 g/mol. The summed E-state index contributed by atoms with van der Waals surface area (Å²) in [5.41, 5.74) is 4.90. The summed E-state index contributed by atoms with van der Waals surface area (Å²) in [4.78, 5) is 33.7. The number of carbonyl (C=O) groups excluding carboxylic acids is 2. The van der Waals surface area contributed by atoms with Gasteiger partial charge in [0.1, 0.15) is 5.75 Å². The van der Waals surface area contributed by atoms with Gasteiger partial charge in [-0.2, -0.15) is 0 Å². The number of benzene rings is 2. The summed E-state index contributed by atoms with van der Waals surface area (Å²) in [5.74, 6) is -0.755. The molecule has 0 aromatic heterocycles. The van der Waals surface area contributed by atoms with Gasteiger partial charge in [-0.15, -0.1) is 0 Å². The normalized spacial score (nSPS) is 10.0. The zero-order valence-electron chi connectivity index (χ0n) is 14.2. The summed E-state index contributed by atoms with van der Waals surface area (Å²) in [6.45, 7) is 1.03. The number of nitrogens with zero attached hydrogens (tertiary/aromatic N) is 1. The van der Waals surface area contributed by atoms with Crippen LogP contribution in [0.3, 0.4) is 0 Å². The van der Waals surface area contributed by atoms with Crippen molar-refractivity contribution in [2.75, 3.05) is 13.2 Å². The molecule has 0 aliphatic heterocycles. The van der Waals surface area contributed by atoms with Crippen LogP contribution in [0, 0.1) is 17.0 Å². The van der Waals surface area contributed by atoms with Gasteiger partial charge >= 0.3 is 5.69 Å². The van der Waals surface area contributed by atoms with E-state index in [2.05, 4.69) is 26.8 Å². The average Bonchev–Trinajstić information content (AvgIpc) is 2.64. The number of hydrazine groups is 1. The Morgan fingerprint density at radius 3 is 2.22 bits per heavy atom. The molecule has 0 fully saturated rings. The fraction of sp³-hybridized carbons (Fsp3) is 0.176. The van der Waals surface area contributed by atoms with Crippen molar-refractivity contribution in [1.29, 1.82) is 0 Å². The standard InChI is InChI=1S/C17H16BrN3O6/c1-11-8-12(18)6-7-14(11)26-9-16(22)19-20-17(23)10-27-15-5-3-2-4-13(15)21(24)25/h2-8H,9-10H2,1H3,(H,19,22)(H,20,23). The van der Waals surface area contributed by atoms with Crippen LogP contribution in [0.1, 0.15) is 5.56 Å².